The lowest BCUT2D eigenvalue weighted by Gasteiger charge is -2.34. The number of nitrogens with one attached hydrogen (secondary N) is 1. The lowest BCUT2D eigenvalue weighted by atomic mass is 10.2. The average molecular weight is 394 g/mol. The molecule has 3 rings (SSSR count). The van der Waals surface area contributed by atoms with Crippen LogP contribution in [0.1, 0.15) is 0 Å². The van der Waals surface area contributed by atoms with E-state index in [-0.39, 0.29) is 0 Å². The second kappa shape index (κ2) is 6.62. The minimum absolute atomic E-state index is 0.884. The van der Waals surface area contributed by atoms with Crippen LogP contribution in [-0.4, -0.2) is 43.1 Å². The summed E-state index contributed by atoms with van der Waals surface area (Å²) < 4.78 is 1.18. The van der Waals surface area contributed by atoms with Crippen LogP contribution >= 0.6 is 22.6 Å². The maximum Gasteiger partial charge on any atom is 0.131 e. The van der Waals surface area contributed by atoms with Gasteiger partial charge in [0.1, 0.15) is 5.82 Å². The zero-order valence-electron chi connectivity index (χ0n) is 12.1. The van der Waals surface area contributed by atoms with E-state index in [0.29, 0.717) is 0 Å². The number of piperazine rings is 1. The molecule has 1 saturated heterocycles. The Kier molecular flexibility index (Phi) is 4.60. The number of hydrogen-bond acceptors (Lipinski definition) is 4. The highest BCUT2D eigenvalue weighted by Gasteiger charge is 2.13. The standard InChI is InChI=1S/C16H19IN4/c1-20-8-10-21(11-9-20)15-4-2-14(3-5-15)19-16-12-13(17)6-7-18-16/h2-7,12H,8-11H2,1H3,(H,18,19). The van der Waals surface area contributed by atoms with E-state index in [2.05, 4.69) is 74.0 Å². The van der Waals surface area contributed by atoms with E-state index < -0.39 is 0 Å². The third-order valence-corrected chi connectivity index (χ3v) is 4.40. The maximum atomic E-state index is 4.32. The van der Waals surface area contributed by atoms with E-state index in [4.69, 9.17) is 0 Å². The lowest BCUT2D eigenvalue weighted by Crippen LogP contribution is -2.44. The highest BCUT2D eigenvalue weighted by Crippen LogP contribution is 2.21. The smallest absolute Gasteiger partial charge is 0.131 e. The first-order chi connectivity index (χ1) is 10.2. The Labute approximate surface area is 139 Å². The van der Waals surface area contributed by atoms with Gasteiger partial charge >= 0.3 is 0 Å². The monoisotopic (exact) mass is 394 g/mol. The summed E-state index contributed by atoms with van der Waals surface area (Å²) in [6.07, 6.45) is 1.82. The molecule has 4 nitrogen and oxygen atoms in total. The molecule has 1 fully saturated rings. The van der Waals surface area contributed by atoms with Crippen molar-refractivity contribution < 1.29 is 0 Å². The predicted molar refractivity (Wildman–Crippen MR) is 96.4 cm³/mol. The Morgan fingerprint density at radius 1 is 1.05 bits per heavy atom. The summed E-state index contributed by atoms with van der Waals surface area (Å²) in [6.45, 7) is 4.46. The molecule has 5 heteroatoms. The van der Waals surface area contributed by atoms with Gasteiger partial charge in [-0.15, -0.1) is 0 Å². The van der Waals surface area contributed by atoms with Crippen LogP contribution in [0, 0.1) is 3.57 Å². The SMILES string of the molecule is CN1CCN(c2ccc(Nc3cc(I)ccn3)cc2)CC1. The van der Waals surface area contributed by atoms with Crippen molar-refractivity contribution in [3.8, 4) is 0 Å². The largest absolute Gasteiger partial charge is 0.369 e. The summed E-state index contributed by atoms with van der Waals surface area (Å²) in [5.74, 6) is 0.884. The normalized spacial score (nSPS) is 16.0. The predicted octanol–water partition coefficient (Wildman–Crippen LogP) is 3.18. The molecule has 0 aliphatic carbocycles. The molecular formula is C16H19IN4. The first-order valence-electron chi connectivity index (χ1n) is 7.13. The van der Waals surface area contributed by atoms with Gasteiger partial charge in [0.2, 0.25) is 0 Å². The summed E-state index contributed by atoms with van der Waals surface area (Å²) >= 11 is 2.29. The lowest BCUT2D eigenvalue weighted by molar-refractivity contribution is 0.313. The van der Waals surface area contributed by atoms with E-state index in [1.165, 1.54) is 9.26 Å². The number of benzene rings is 1. The summed E-state index contributed by atoms with van der Waals surface area (Å²) in [7, 11) is 2.18. The van der Waals surface area contributed by atoms with Crippen molar-refractivity contribution in [1.29, 1.82) is 0 Å². The van der Waals surface area contributed by atoms with E-state index in [9.17, 15) is 0 Å². The molecule has 0 atom stereocenters. The van der Waals surface area contributed by atoms with Gasteiger partial charge < -0.3 is 15.1 Å². The molecule has 1 aliphatic heterocycles. The number of halogens is 1. The van der Waals surface area contributed by atoms with Crippen LogP contribution in [0.25, 0.3) is 0 Å². The average Bonchev–Trinajstić information content (AvgIpc) is 2.49. The van der Waals surface area contributed by atoms with Gasteiger partial charge in [0.25, 0.3) is 0 Å². The molecule has 1 aromatic heterocycles. The van der Waals surface area contributed by atoms with E-state index in [1.54, 1.807) is 0 Å². The maximum absolute atomic E-state index is 4.32. The van der Waals surface area contributed by atoms with Gasteiger partial charge in [-0.1, -0.05) is 0 Å². The quantitative estimate of drug-likeness (QED) is 0.811. The molecule has 0 radical (unpaired) electrons. The molecule has 21 heavy (non-hydrogen) atoms. The Bertz CT molecular complexity index is 591. The molecule has 0 bridgehead atoms. The fraction of sp³-hybridized carbons (Fsp3) is 0.312. The Morgan fingerprint density at radius 2 is 1.76 bits per heavy atom. The van der Waals surface area contributed by atoms with E-state index in [0.717, 1.165) is 37.7 Å². The molecule has 0 spiro atoms. The van der Waals surface area contributed by atoms with Crippen LogP contribution in [0.5, 0.6) is 0 Å². The van der Waals surface area contributed by atoms with E-state index >= 15 is 0 Å². The van der Waals surface area contributed by atoms with Gasteiger partial charge in [-0.2, -0.15) is 0 Å². The number of hydrogen-bond donors (Lipinski definition) is 1. The first kappa shape index (κ1) is 14.6. The van der Waals surface area contributed by atoms with Gasteiger partial charge in [0, 0.05) is 47.3 Å². The van der Waals surface area contributed by atoms with Gasteiger partial charge in [-0.3, -0.25) is 0 Å². The van der Waals surface area contributed by atoms with Crippen LogP contribution in [0.2, 0.25) is 0 Å². The molecule has 2 aromatic rings. The summed E-state index contributed by atoms with van der Waals surface area (Å²) in [5.41, 5.74) is 2.37. The number of rotatable bonds is 3. The fourth-order valence-corrected chi connectivity index (χ4v) is 2.90. The number of pyridine rings is 1. The first-order valence-corrected chi connectivity index (χ1v) is 8.21. The third-order valence-electron chi connectivity index (χ3n) is 3.73. The molecule has 0 amide bonds. The molecule has 1 aromatic carbocycles. The fourth-order valence-electron chi connectivity index (χ4n) is 2.44. The summed E-state index contributed by atoms with van der Waals surface area (Å²) in [5, 5.41) is 3.34. The molecule has 110 valence electrons. The summed E-state index contributed by atoms with van der Waals surface area (Å²) in [4.78, 5) is 9.13. The number of likely N-dealkylation sites (N-methyl/N-ethyl adjacent to an activating group) is 1. The van der Waals surface area contributed by atoms with Crippen LogP contribution in [0.4, 0.5) is 17.2 Å². The van der Waals surface area contributed by atoms with E-state index in [1.807, 2.05) is 18.3 Å². The number of nitrogens with zero attached hydrogens (tertiary/aromatic N) is 3. The van der Waals surface area contributed by atoms with Crippen molar-refractivity contribution in [2.75, 3.05) is 43.4 Å². The van der Waals surface area contributed by atoms with Crippen molar-refractivity contribution >= 4 is 39.8 Å². The second-order valence-electron chi connectivity index (χ2n) is 5.32. The second-order valence-corrected chi connectivity index (χ2v) is 6.57. The molecule has 0 saturated carbocycles. The Hall–Kier alpha value is -1.34. The molecule has 1 N–H and O–H groups in total. The van der Waals surface area contributed by atoms with Crippen LogP contribution in [-0.2, 0) is 0 Å². The molecule has 0 unspecified atom stereocenters. The van der Waals surface area contributed by atoms with Crippen molar-refractivity contribution in [3.63, 3.8) is 0 Å². The van der Waals surface area contributed by atoms with Crippen LogP contribution in [0.15, 0.2) is 42.6 Å². The van der Waals surface area contributed by atoms with Gasteiger partial charge in [-0.25, -0.2) is 4.98 Å². The topological polar surface area (TPSA) is 31.4 Å². The van der Waals surface area contributed by atoms with Crippen molar-refractivity contribution in [1.82, 2.24) is 9.88 Å². The third kappa shape index (κ3) is 3.85. The van der Waals surface area contributed by atoms with Crippen molar-refractivity contribution in [2.45, 2.75) is 0 Å². The zero-order valence-corrected chi connectivity index (χ0v) is 14.2. The minimum atomic E-state index is 0.884. The van der Waals surface area contributed by atoms with Crippen LogP contribution < -0.4 is 10.2 Å². The molecular weight excluding hydrogens is 375 g/mol. The number of anilines is 3. The minimum Gasteiger partial charge on any atom is -0.369 e. The Balaban J connectivity index is 1.66. The van der Waals surface area contributed by atoms with Gasteiger partial charge in [-0.05, 0) is 66.0 Å². The van der Waals surface area contributed by atoms with Crippen molar-refractivity contribution in [3.05, 3.63) is 46.2 Å². The van der Waals surface area contributed by atoms with Gasteiger partial charge in [0.15, 0.2) is 0 Å². The van der Waals surface area contributed by atoms with Crippen LogP contribution in [0.3, 0.4) is 0 Å². The molecule has 1 aliphatic rings. The zero-order chi connectivity index (χ0) is 14.7. The van der Waals surface area contributed by atoms with Crippen molar-refractivity contribution in [2.24, 2.45) is 0 Å². The molecule has 2 heterocycles. The highest BCUT2D eigenvalue weighted by molar-refractivity contribution is 14.1. The van der Waals surface area contributed by atoms with Gasteiger partial charge in [0.05, 0.1) is 0 Å². The Morgan fingerprint density at radius 3 is 2.43 bits per heavy atom. The highest BCUT2D eigenvalue weighted by atomic mass is 127. The number of aromatic nitrogens is 1. The summed E-state index contributed by atoms with van der Waals surface area (Å²) in [6, 6.07) is 12.6.